The highest BCUT2D eigenvalue weighted by Crippen LogP contribution is 2.54. The average molecular weight is 376 g/mol. The molecule has 4 aliphatic rings. The van der Waals surface area contributed by atoms with Gasteiger partial charge >= 0.3 is 0 Å². The predicted molar refractivity (Wildman–Crippen MR) is 115 cm³/mol. The Morgan fingerprint density at radius 2 is 1.44 bits per heavy atom. The summed E-state index contributed by atoms with van der Waals surface area (Å²) < 4.78 is 0. The summed E-state index contributed by atoms with van der Waals surface area (Å²) >= 11 is 0. The van der Waals surface area contributed by atoms with Gasteiger partial charge in [-0.2, -0.15) is 0 Å². The van der Waals surface area contributed by atoms with Gasteiger partial charge in [0.1, 0.15) is 0 Å². The first-order valence-electron chi connectivity index (χ1n) is 12.1. The van der Waals surface area contributed by atoms with Crippen LogP contribution in [-0.4, -0.2) is 73.1 Å². The van der Waals surface area contributed by atoms with Crippen molar-refractivity contribution in [2.45, 2.75) is 78.7 Å². The van der Waals surface area contributed by atoms with Gasteiger partial charge in [0.25, 0.3) is 0 Å². The molecule has 1 spiro atoms. The minimum absolute atomic E-state index is 0.721. The standard InChI is InChI=1S/C24H45N3/c1-20(2)15-23(9-10-23)17-26-18-24(19-26)7-5-22(6-8-24)16-25-11-13-27(14-12-25)21(3)4/h20-22H,5-19H2,1-4H3. The number of hydrogen-bond donors (Lipinski definition) is 0. The molecule has 0 aromatic carbocycles. The maximum atomic E-state index is 2.82. The molecule has 0 unspecified atom stereocenters. The smallest absolute Gasteiger partial charge is 0.0113 e. The normalized spacial score (nSPS) is 29.6. The van der Waals surface area contributed by atoms with Gasteiger partial charge in [0.2, 0.25) is 0 Å². The molecule has 0 bridgehead atoms. The van der Waals surface area contributed by atoms with E-state index in [0.717, 1.165) is 28.7 Å². The van der Waals surface area contributed by atoms with Gasteiger partial charge in [-0.3, -0.25) is 4.90 Å². The maximum Gasteiger partial charge on any atom is 0.0113 e. The number of hydrogen-bond acceptors (Lipinski definition) is 3. The molecule has 4 rings (SSSR count). The first kappa shape index (κ1) is 20.2. The van der Waals surface area contributed by atoms with Crippen LogP contribution in [0, 0.1) is 22.7 Å². The van der Waals surface area contributed by atoms with E-state index in [1.807, 2.05) is 0 Å². The molecule has 156 valence electrons. The number of likely N-dealkylation sites (tertiary alicyclic amines) is 1. The Kier molecular flexibility index (Phi) is 5.94. The predicted octanol–water partition coefficient (Wildman–Crippen LogP) is 4.33. The summed E-state index contributed by atoms with van der Waals surface area (Å²) in [4.78, 5) is 8.22. The summed E-state index contributed by atoms with van der Waals surface area (Å²) in [6.07, 6.45) is 10.5. The van der Waals surface area contributed by atoms with Crippen molar-refractivity contribution in [1.29, 1.82) is 0 Å². The summed E-state index contributed by atoms with van der Waals surface area (Å²) in [5.41, 5.74) is 1.45. The van der Waals surface area contributed by atoms with Crippen LogP contribution in [0.2, 0.25) is 0 Å². The molecule has 2 aliphatic heterocycles. The zero-order valence-electron chi connectivity index (χ0n) is 18.7. The van der Waals surface area contributed by atoms with Crippen LogP contribution in [0.4, 0.5) is 0 Å². The Morgan fingerprint density at radius 1 is 0.815 bits per heavy atom. The van der Waals surface area contributed by atoms with Gasteiger partial charge < -0.3 is 9.80 Å². The van der Waals surface area contributed by atoms with E-state index < -0.39 is 0 Å². The second kappa shape index (κ2) is 7.95. The van der Waals surface area contributed by atoms with E-state index in [1.165, 1.54) is 97.3 Å². The van der Waals surface area contributed by atoms with Crippen molar-refractivity contribution in [1.82, 2.24) is 14.7 Å². The van der Waals surface area contributed by atoms with Gasteiger partial charge in [-0.15, -0.1) is 0 Å². The number of piperazine rings is 1. The van der Waals surface area contributed by atoms with Crippen molar-refractivity contribution in [2.75, 3.05) is 52.4 Å². The lowest BCUT2D eigenvalue weighted by Crippen LogP contribution is -2.59. The highest BCUT2D eigenvalue weighted by atomic mass is 15.3. The van der Waals surface area contributed by atoms with Crippen LogP contribution in [0.5, 0.6) is 0 Å². The molecule has 3 nitrogen and oxygen atoms in total. The third kappa shape index (κ3) is 4.90. The first-order chi connectivity index (χ1) is 12.9. The van der Waals surface area contributed by atoms with E-state index in [0.29, 0.717) is 0 Å². The molecular weight excluding hydrogens is 330 g/mol. The van der Waals surface area contributed by atoms with E-state index in [2.05, 4.69) is 42.4 Å². The van der Waals surface area contributed by atoms with Gasteiger partial charge in [-0.05, 0) is 81.5 Å². The molecule has 0 radical (unpaired) electrons. The molecule has 2 heterocycles. The van der Waals surface area contributed by atoms with Gasteiger partial charge in [-0.1, -0.05) is 13.8 Å². The fourth-order valence-corrected chi connectivity index (χ4v) is 6.57. The van der Waals surface area contributed by atoms with E-state index in [-0.39, 0.29) is 0 Å². The Bertz CT molecular complexity index is 472. The van der Waals surface area contributed by atoms with E-state index in [4.69, 9.17) is 0 Å². The molecule has 27 heavy (non-hydrogen) atoms. The Labute approximate surface area is 168 Å². The summed E-state index contributed by atoms with van der Waals surface area (Å²) in [5, 5.41) is 0. The lowest BCUT2D eigenvalue weighted by Gasteiger charge is -2.55. The third-order valence-electron chi connectivity index (χ3n) is 8.29. The van der Waals surface area contributed by atoms with Crippen LogP contribution in [-0.2, 0) is 0 Å². The Hall–Kier alpha value is -0.120. The maximum absolute atomic E-state index is 2.82. The molecule has 0 amide bonds. The Morgan fingerprint density at radius 3 is 1.96 bits per heavy atom. The zero-order valence-corrected chi connectivity index (χ0v) is 18.7. The van der Waals surface area contributed by atoms with Crippen LogP contribution in [0.15, 0.2) is 0 Å². The second-order valence-corrected chi connectivity index (χ2v) is 11.6. The molecule has 0 aromatic rings. The van der Waals surface area contributed by atoms with Crippen LogP contribution < -0.4 is 0 Å². The topological polar surface area (TPSA) is 9.72 Å². The van der Waals surface area contributed by atoms with Crippen molar-refractivity contribution in [2.24, 2.45) is 22.7 Å². The largest absolute Gasteiger partial charge is 0.302 e. The summed E-state index contributed by atoms with van der Waals surface area (Å²) in [7, 11) is 0. The van der Waals surface area contributed by atoms with Crippen molar-refractivity contribution >= 4 is 0 Å². The van der Waals surface area contributed by atoms with Crippen molar-refractivity contribution < 1.29 is 0 Å². The van der Waals surface area contributed by atoms with Gasteiger partial charge in [0.05, 0.1) is 0 Å². The van der Waals surface area contributed by atoms with E-state index in [1.54, 1.807) is 0 Å². The third-order valence-corrected chi connectivity index (χ3v) is 8.29. The van der Waals surface area contributed by atoms with Crippen LogP contribution in [0.3, 0.4) is 0 Å². The molecule has 2 aliphatic carbocycles. The van der Waals surface area contributed by atoms with Gasteiger partial charge in [-0.25, -0.2) is 0 Å². The molecular formula is C24H45N3. The lowest BCUT2D eigenvalue weighted by molar-refractivity contribution is -0.0528. The first-order valence-corrected chi connectivity index (χ1v) is 12.1. The zero-order chi connectivity index (χ0) is 19.1. The summed E-state index contributed by atoms with van der Waals surface area (Å²) in [6, 6.07) is 0.721. The highest BCUT2D eigenvalue weighted by molar-refractivity contribution is 5.03. The van der Waals surface area contributed by atoms with Gasteiger partial charge in [0, 0.05) is 58.4 Å². The van der Waals surface area contributed by atoms with Crippen molar-refractivity contribution in [3.8, 4) is 0 Å². The molecule has 0 aromatic heterocycles. The Balaban J connectivity index is 1.14. The lowest BCUT2D eigenvalue weighted by atomic mass is 9.65. The minimum Gasteiger partial charge on any atom is -0.302 e. The summed E-state index contributed by atoms with van der Waals surface area (Å²) in [6.45, 7) is 20.3. The minimum atomic E-state index is 0.721. The van der Waals surface area contributed by atoms with Crippen LogP contribution in [0.1, 0.15) is 72.6 Å². The highest BCUT2D eigenvalue weighted by Gasteiger charge is 2.50. The van der Waals surface area contributed by atoms with Gasteiger partial charge in [0.15, 0.2) is 0 Å². The van der Waals surface area contributed by atoms with E-state index in [9.17, 15) is 0 Å². The van der Waals surface area contributed by atoms with Crippen molar-refractivity contribution in [3.63, 3.8) is 0 Å². The molecule has 0 atom stereocenters. The second-order valence-electron chi connectivity index (χ2n) is 11.6. The molecule has 3 heteroatoms. The fourth-order valence-electron chi connectivity index (χ4n) is 6.57. The quantitative estimate of drug-likeness (QED) is 0.656. The monoisotopic (exact) mass is 375 g/mol. The molecule has 4 fully saturated rings. The van der Waals surface area contributed by atoms with Crippen molar-refractivity contribution in [3.05, 3.63) is 0 Å². The molecule has 2 saturated carbocycles. The van der Waals surface area contributed by atoms with E-state index >= 15 is 0 Å². The van der Waals surface area contributed by atoms with Crippen LogP contribution in [0.25, 0.3) is 0 Å². The number of rotatable bonds is 7. The number of nitrogens with zero attached hydrogens (tertiary/aromatic N) is 3. The fraction of sp³-hybridized carbons (Fsp3) is 1.00. The SMILES string of the molecule is CC(C)CC1(CN2CC3(CCC(CN4CCN(C(C)C)CC4)CC3)C2)CC1. The molecule has 0 N–H and O–H groups in total. The average Bonchev–Trinajstić information content (AvgIpc) is 3.34. The molecule has 2 saturated heterocycles. The van der Waals surface area contributed by atoms with Crippen LogP contribution >= 0.6 is 0 Å². The summed E-state index contributed by atoms with van der Waals surface area (Å²) in [5.74, 6) is 1.85.